The smallest absolute Gasteiger partial charge is 0.116 e. The van der Waals surface area contributed by atoms with Crippen molar-refractivity contribution in [2.75, 3.05) is 0 Å². The normalized spacial score (nSPS) is 49.0. The molecule has 0 aromatic carbocycles. The highest BCUT2D eigenvalue weighted by Gasteiger charge is 2.45. The zero-order valence-corrected chi connectivity index (χ0v) is 15.7. The minimum absolute atomic E-state index is 0.00197. The molecule has 2 fully saturated rings. The Morgan fingerprint density at radius 1 is 1.14 bits per heavy atom. The van der Waals surface area contributed by atoms with Crippen LogP contribution in [0.3, 0.4) is 0 Å². The van der Waals surface area contributed by atoms with Gasteiger partial charge in [0.1, 0.15) is 6.10 Å². The topological polar surface area (TPSA) is 31.0 Å². The molecule has 0 radical (unpaired) electrons. The van der Waals surface area contributed by atoms with Crippen LogP contribution in [-0.2, 0) is 14.2 Å². The zero-order chi connectivity index (χ0) is 15.0. The first-order valence-electron chi connectivity index (χ1n) is 7.31. The molecule has 6 heteroatoms. The molecule has 0 N–H and O–H groups in total. The van der Waals surface area contributed by atoms with Gasteiger partial charge in [0.15, 0.2) is 0 Å². The molecular formula is C15H19Br2ClO3. The fourth-order valence-electron chi connectivity index (χ4n) is 3.04. The van der Waals surface area contributed by atoms with Gasteiger partial charge in [0.05, 0.1) is 35.9 Å². The zero-order valence-electron chi connectivity index (χ0n) is 11.8. The van der Waals surface area contributed by atoms with Gasteiger partial charge in [-0.1, -0.05) is 44.0 Å². The number of epoxide rings is 1. The van der Waals surface area contributed by atoms with Crippen LogP contribution >= 0.6 is 43.5 Å². The quantitative estimate of drug-likeness (QED) is 0.345. The van der Waals surface area contributed by atoms with Crippen molar-refractivity contribution < 1.29 is 14.2 Å². The maximum Gasteiger partial charge on any atom is 0.116 e. The Bertz CT molecular complexity index is 443. The van der Waals surface area contributed by atoms with Crippen molar-refractivity contribution in [3.05, 3.63) is 21.6 Å². The average Bonchev–Trinajstić information content (AvgIpc) is 3.03. The molecule has 118 valence electrons. The van der Waals surface area contributed by atoms with E-state index in [2.05, 4.69) is 50.9 Å². The Morgan fingerprint density at radius 2 is 1.95 bits per heavy atom. The SMILES string of the molecule is C[C@H]1/C=C/CC2O[C@@H]2C[C@@H](Cl)[C@H]2C[C@H](O1)[C@@H](/C(Br)=C/Br)O2. The number of halogens is 3. The number of ether oxygens (including phenoxy) is 3. The van der Waals surface area contributed by atoms with Crippen LogP contribution in [0.25, 0.3) is 0 Å². The van der Waals surface area contributed by atoms with Crippen molar-refractivity contribution in [3.63, 3.8) is 0 Å². The summed E-state index contributed by atoms with van der Waals surface area (Å²) in [5.74, 6) is 0. The van der Waals surface area contributed by atoms with Crippen molar-refractivity contribution in [1.29, 1.82) is 0 Å². The summed E-state index contributed by atoms with van der Waals surface area (Å²) >= 11 is 13.4. The summed E-state index contributed by atoms with van der Waals surface area (Å²) < 4.78 is 18.9. The van der Waals surface area contributed by atoms with Crippen LogP contribution < -0.4 is 0 Å². The predicted octanol–water partition coefficient (Wildman–Crippen LogP) is 4.27. The van der Waals surface area contributed by atoms with E-state index in [0.717, 1.165) is 23.7 Å². The van der Waals surface area contributed by atoms with Crippen LogP contribution in [0.5, 0.6) is 0 Å². The van der Waals surface area contributed by atoms with Crippen LogP contribution in [0.15, 0.2) is 21.6 Å². The molecule has 0 aromatic heterocycles. The van der Waals surface area contributed by atoms with Gasteiger partial charge in [-0.2, -0.15) is 0 Å². The molecule has 7 atom stereocenters. The lowest BCUT2D eigenvalue weighted by Gasteiger charge is -2.21. The lowest BCUT2D eigenvalue weighted by atomic mass is 10.0. The van der Waals surface area contributed by atoms with E-state index < -0.39 is 0 Å². The van der Waals surface area contributed by atoms with E-state index in [1.54, 1.807) is 0 Å². The molecule has 2 bridgehead atoms. The summed E-state index contributed by atoms with van der Waals surface area (Å²) in [6.45, 7) is 2.06. The number of alkyl halides is 1. The lowest BCUT2D eigenvalue weighted by molar-refractivity contribution is -0.0182. The maximum atomic E-state index is 6.55. The van der Waals surface area contributed by atoms with Crippen molar-refractivity contribution >= 4 is 43.5 Å². The van der Waals surface area contributed by atoms with Gasteiger partial charge in [-0.25, -0.2) is 0 Å². The molecule has 0 spiro atoms. The highest BCUT2D eigenvalue weighted by Crippen LogP contribution is 2.39. The minimum Gasteiger partial charge on any atom is -0.369 e. The summed E-state index contributed by atoms with van der Waals surface area (Å²) in [6.07, 6.45) is 7.40. The van der Waals surface area contributed by atoms with Gasteiger partial charge in [0.25, 0.3) is 0 Å². The van der Waals surface area contributed by atoms with Gasteiger partial charge < -0.3 is 14.2 Å². The van der Waals surface area contributed by atoms with Gasteiger partial charge in [-0.05, 0) is 24.8 Å². The molecule has 3 heterocycles. The van der Waals surface area contributed by atoms with Crippen LogP contribution in [0, 0.1) is 0 Å². The summed E-state index contributed by atoms with van der Waals surface area (Å²) in [4.78, 5) is 1.83. The fraction of sp³-hybridized carbons (Fsp3) is 0.733. The standard InChI is InChI=1S/C15H19Br2ClO3/c1-8-3-2-4-11-13(20-11)5-10(18)12-6-14(19-8)15(21-12)9(17)7-16/h2-3,7-8,10-15H,4-6H2,1H3/b3-2+,9-7-/t8-,10+,11?,12+,13+,14-,15+/m0/s1. The van der Waals surface area contributed by atoms with Crippen LogP contribution in [-0.4, -0.2) is 42.0 Å². The Labute approximate surface area is 147 Å². The van der Waals surface area contributed by atoms with Gasteiger partial charge in [0, 0.05) is 10.9 Å². The molecule has 2 saturated heterocycles. The Morgan fingerprint density at radius 3 is 2.71 bits per heavy atom. The second kappa shape index (κ2) is 7.02. The molecular weight excluding hydrogens is 423 g/mol. The molecule has 3 aliphatic rings. The van der Waals surface area contributed by atoms with Crippen LogP contribution in [0.2, 0.25) is 0 Å². The lowest BCUT2D eigenvalue weighted by Crippen LogP contribution is -2.27. The van der Waals surface area contributed by atoms with E-state index in [9.17, 15) is 0 Å². The van der Waals surface area contributed by atoms with Crippen molar-refractivity contribution in [3.8, 4) is 0 Å². The summed E-state index contributed by atoms with van der Waals surface area (Å²) in [6, 6.07) is 0. The molecule has 3 nitrogen and oxygen atoms in total. The third kappa shape index (κ3) is 3.93. The highest BCUT2D eigenvalue weighted by atomic mass is 79.9. The van der Waals surface area contributed by atoms with Gasteiger partial charge >= 0.3 is 0 Å². The Kier molecular flexibility index (Phi) is 5.50. The van der Waals surface area contributed by atoms with Gasteiger partial charge in [0.2, 0.25) is 0 Å². The second-order valence-electron chi connectivity index (χ2n) is 5.83. The fourth-order valence-corrected chi connectivity index (χ4v) is 4.04. The monoisotopic (exact) mass is 440 g/mol. The molecule has 0 aromatic rings. The minimum atomic E-state index is -0.108. The third-order valence-corrected chi connectivity index (χ3v) is 6.46. The van der Waals surface area contributed by atoms with E-state index in [0.29, 0.717) is 6.10 Å². The van der Waals surface area contributed by atoms with E-state index in [1.165, 1.54) is 0 Å². The number of fused-ring (bicyclic) bond motifs is 3. The molecule has 0 amide bonds. The maximum absolute atomic E-state index is 6.55. The first-order chi connectivity index (χ1) is 10.1. The molecule has 1 unspecified atom stereocenters. The van der Waals surface area contributed by atoms with E-state index in [-0.39, 0.29) is 35.9 Å². The number of hydrogen-bond donors (Lipinski definition) is 0. The van der Waals surface area contributed by atoms with Crippen molar-refractivity contribution in [2.24, 2.45) is 0 Å². The van der Waals surface area contributed by atoms with Crippen molar-refractivity contribution in [2.45, 2.75) is 68.2 Å². The average molecular weight is 443 g/mol. The molecule has 3 aliphatic heterocycles. The number of hydrogen-bond acceptors (Lipinski definition) is 3. The summed E-state index contributed by atoms with van der Waals surface area (Å²) in [5.41, 5.74) is 0. The molecule has 3 rings (SSSR count). The van der Waals surface area contributed by atoms with E-state index >= 15 is 0 Å². The highest BCUT2D eigenvalue weighted by molar-refractivity contribution is 9.14. The van der Waals surface area contributed by atoms with E-state index in [1.807, 2.05) is 4.99 Å². The second-order valence-corrected chi connectivity index (χ2v) is 7.77. The third-order valence-electron chi connectivity index (χ3n) is 4.21. The summed E-state index contributed by atoms with van der Waals surface area (Å²) in [7, 11) is 0. The largest absolute Gasteiger partial charge is 0.369 e. The van der Waals surface area contributed by atoms with Crippen molar-refractivity contribution in [1.82, 2.24) is 0 Å². The molecule has 21 heavy (non-hydrogen) atoms. The first-order valence-corrected chi connectivity index (χ1v) is 9.46. The van der Waals surface area contributed by atoms with E-state index in [4.69, 9.17) is 25.8 Å². The van der Waals surface area contributed by atoms with Gasteiger partial charge in [-0.15, -0.1) is 11.6 Å². The predicted molar refractivity (Wildman–Crippen MR) is 90.2 cm³/mol. The molecule has 0 saturated carbocycles. The van der Waals surface area contributed by atoms with Crippen LogP contribution in [0.1, 0.15) is 26.2 Å². The Hall–Kier alpha value is 0.610. The Balaban J connectivity index is 1.77. The first kappa shape index (κ1) is 16.5. The van der Waals surface area contributed by atoms with Crippen LogP contribution in [0.4, 0.5) is 0 Å². The summed E-state index contributed by atoms with van der Waals surface area (Å²) in [5, 5.41) is -0.0366. The van der Waals surface area contributed by atoms with Gasteiger partial charge in [-0.3, -0.25) is 0 Å². The number of rotatable bonds is 1. The molecule has 0 aliphatic carbocycles.